The summed E-state index contributed by atoms with van der Waals surface area (Å²) in [4.78, 5) is 16.5. The smallest absolute Gasteiger partial charge is 0.260 e. The molecule has 0 saturated carbocycles. The minimum absolute atomic E-state index is 0.157. The lowest BCUT2D eigenvalue weighted by molar-refractivity contribution is -0.127. The van der Waals surface area contributed by atoms with Crippen LogP contribution in [0.3, 0.4) is 0 Å². The zero-order valence-corrected chi connectivity index (χ0v) is 14.7. The van der Waals surface area contributed by atoms with Gasteiger partial charge in [0.05, 0.1) is 22.4 Å². The van der Waals surface area contributed by atoms with Gasteiger partial charge in [-0.05, 0) is 37.6 Å². The number of para-hydroxylation sites is 3. The molecular weight excluding hydrogens is 338 g/mol. The minimum Gasteiger partial charge on any atom is -0.479 e. The molecule has 0 aliphatic heterocycles. The molecule has 1 aromatic heterocycles. The van der Waals surface area contributed by atoms with E-state index in [-0.39, 0.29) is 5.91 Å². The van der Waals surface area contributed by atoms with Crippen LogP contribution in [0.1, 0.15) is 13.3 Å². The van der Waals surface area contributed by atoms with Gasteiger partial charge >= 0.3 is 0 Å². The second kappa shape index (κ2) is 8.03. The largest absolute Gasteiger partial charge is 0.479 e. The van der Waals surface area contributed by atoms with Crippen LogP contribution >= 0.6 is 11.6 Å². The molecule has 25 heavy (non-hydrogen) atoms. The summed E-state index contributed by atoms with van der Waals surface area (Å²) in [6.45, 7) is 3.07. The number of amides is 1. The predicted octanol–water partition coefficient (Wildman–Crippen LogP) is 3.66. The second-order valence-electron chi connectivity index (χ2n) is 5.76. The highest BCUT2D eigenvalue weighted by atomic mass is 35.5. The van der Waals surface area contributed by atoms with E-state index >= 15 is 0 Å². The van der Waals surface area contributed by atoms with E-state index in [4.69, 9.17) is 16.3 Å². The zero-order valence-electron chi connectivity index (χ0n) is 14.0. The van der Waals surface area contributed by atoms with E-state index in [1.165, 1.54) is 0 Å². The third-order valence-corrected chi connectivity index (χ3v) is 4.22. The first-order valence-corrected chi connectivity index (χ1v) is 8.62. The van der Waals surface area contributed by atoms with Gasteiger partial charge in [-0.25, -0.2) is 4.98 Å². The third-order valence-electron chi connectivity index (χ3n) is 3.91. The Labute approximate surface area is 151 Å². The number of rotatable bonds is 7. The van der Waals surface area contributed by atoms with E-state index in [1.807, 2.05) is 42.7 Å². The first-order valence-electron chi connectivity index (χ1n) is 8.24. The van der Waals surface area contributed by atoms with Gasteiger partial charge in [0, 0.05) is 13.1 Å². The Bertz CT molecular complexity index is 863. The molecule has 0 radical (unpaired) electrons. The molecule has 1 atom stereocenters. The molecule has 0 aliphatic carbocycles. The number of halogens is 1. The van der Waals surface area contributed by atoms with Crippen molar-refractivity contribution in [1.82, 2.24) is 14.9 Å². The Kier molecular flexibility index (Phi) is 5.56. The van der Waals surface area contributed by atoms with Gasteiger partial charge in [-0.2, -0.15) is 0 Å². The lowest BCUT2D eigenvalue weighted by Gasteiger charge is -2.15. The van der Waals surface area contributed by atoms with Gasteiger partial charge in [-0.1, -0.05) is 35.9 Å². The number of aryl methyl sites for hydroxylation is 1. The van der Waals surface area contributed by atoms with Crippen LogP contribution in [0, 0.1) is 0 Å². The van der Waals surface area contributed by atoms with Crippen molar-refractivity contribution in [2.24, 2.45) is 0 Å². The third kappa shape index (κ3) is 4.31. The van der Waals surface area contributed by atoms with Crippen LogP contribution in [-0.4, -0.2) is 28.1 Å². The van der Waals surface area contributed by atoms with E-state index in [0.717, 1.165) is 24.0 Å². The van der Waals surface area contributed by atoms with Gasteiger partial charge in [0.15, 0.2) is 6.10 Å². The molecule has 1 N–H and O–H groups in total. The van der Waals surface area contributed by atoms with Crippen LogP contribution in [0.2, 0.25) is 5.02 Å². The number of carbonyl (C=O) groups is 1. The Morgan fingerprint density at radius 3 is 2.84 bits per heavy atom. The van der Waals surface area contributed by atoms with E-state index in [1.54, 1.807) is 19.1 Å². The van der Waals surface area contributed by atoms with Crippen LogP contribution in [0.5, 0.6) is 5.75 Å². The van der Waals surface area contributed by atoms with Crippen LogP contribution in [-0.2, 0) is 11.3 Å². The summed E-state index contributed by atoms with van der Waals surface area (Å²) in [7, 11) is 0. The molecule has 6 heteroatoms. The number of nitrogens with zero attached hydrogens (tertiary/aromatic N) is 2. The molecule has 0 aliphatic rings. The Morgan fingerprint density at radius 2 is 2.00 bits per heavy atom. The summed E-state index contributed by atoms with van der Waals surface area (Å²) < 4.78 is 7.70. The lowest BCUT2D eigenvalue weighted by atomic mass is 10.3. The molecule has 1 amide bonds. The average molecular weight is 358 g/mol. The number of fused-ring (bicyclic) bond motifs is 1. The number of imidazole rings is 1. The maximum Gasteiger partial charge on any atom is 0.260 e. The molecule has 0 spiro atoms. The summed E-state index contributed by atoms with van der Waals surface area (Å²) in [6, 6.07) is 15.1. The van der Waals surface area contributed by atoms with Crippen LogP contribution < -0.4 is 10.1 Å². The van der Waals surface area contributed by atoms with Crippen molar-refractivity contribution < 1.29 is 9.53 Å². The van der Waals surface area contributed by atoms with Crippen molar-refractivity contribution in [2.45, 2.75) is 26.0 Å². The fourth-order valence-corrected chi connectivity index (χ4v) is 2.76. The highest BCUT2D eigenvalue weighted by molar-refractivity contribution is 6.32. The minimum atomic E-state index is -0.603. The van der Waals surface area contributed by atoms with Gasteiger partial charge in [-0.15, -0.1) is 0 Å². The van der Waals surface area contributed by atoms with Crippen LogP contribution in [0.4, 0.5) is 0 Å². The Hall–Kier alpha value is -2.53. The fourth-order valence-electron chi connectivity index (χ4n) is 2.58. The fraction of sp³-hybridized carbons (Fsp3) is 0.263. The van der Waals surface area contributed by atoms with Gasteiger partial charge < -0.3 is 14.6 Å². The monoisotopic (exact) mass is 357 g/mol. The van der Waals surface area contributed by atoms with E-state index in [2.05, 4.69) is 14.9 Å². The highest BCUT2D eigenvalue weighted by Gasteiger charge is 2.15. The molecule has 2 aromatic carbocycles. The summed E-state index contributed by atoms with van der Waals surface area (Å²) in [6.07, 6.45) is 2.04. The Balaban J connectivity index is 1.45. The molecular formula is C19H20ClN3O2. The van der Waals surface area contributed by atoms with Gasteiger partial charge in [-0.3, -0.25) is 4.79 Å². The molecule has 130 valence electrons. The summed E-state index contributed by atoms with van der Waals surface area (Å²) in [5.74, 6) is 0.354. The van der Waals surface area contributed by atoms with Crippen molar-refractivity contribution >= 4 is 28.5 Å². The van der Waals surface area contributed by atoms with E-state index in [0.29, 0.717) is 17.3 Å². The maximum atomic E-state index is 12.1. The topological polar surface area (TPSA) is 56.1 Å². The number of hydrogen-bond acceptors (Lipinski definition) is 3. The van der Waals surface area contributed by atoms with E-state index < -0.39 is 6.10 Å². The van der Waals surface area contributed by atoms with Crippen LogP contribution in [0.15, 0.2) is 54.9 Å². The van der Waals surface area contributed by atoms with Crippen molar-refractivity contribution in [3.63, 3.8) is 0 Å². The molecule has 3 rings (SSSR count). The zero-order chi connectivity index (χ0) is 17.6. The van der Waals surface area contributed by atoms with Crippen molar-refractivity contribution in [2.75, 3.05) is 6.54 Å². The molecule has 1 unspecified atom stereocenters. The van der Waals surface area contributed by atoms with Gasteiger partial charge in [0.2, 0.25) is 0 Å². The second-order valence-corrected chi connectivity index (χ2v) is 6.17. The molecule has 0 bridgehead atoms. The lowest BCUT2D eigenvalue weighted by Crippen LogP contribution is -2.37. The first kappa shape index (κ1) is 17.3. The summed E-state index contributed by atoms with van der Waals surface area (Å²) >= 11 is 6.04. The molecule has 5 nitrogen and oxygen atoms in total. The number of benzene rings is 2. The van der Waals surface area contributed by atoms with Crippen molar-refractivity contribution in [3.05, 3.63) is 59.9 Å². The normalized spacial score (nSPS) is 12.1. The molecule has 0 saturated heterocycles. The maximum absolute atomic E-state index is 12.1. The highest BCUT2D eigenvalue weighted by Crippen LogP contribution is 2.24. The van der Waals surface area contributed by atoms with Crippen molar-refractivity contribution in [1.29, 1.82) is 0 Å². The SMILES string of the molecule is CC(Oc1ccccc1Cl)C(=O)NCCCn1cnc2ccccc21. The average Bonchev–Trinajstić information content (AvgIpc) is 3.03. The Morgan fingerprint density at radius 1 is 1.24 bits per heavy atom. The molecule has 3 aromatic rings. The quantitative estimate of drug-likeness (QED) is 0.656. The van der Waals surface area contributed by atoms with Gasteiger partial charge in [0.1, 0.15) is 5.75 Å². The number of carbonyl (C=O) groups excluding carboxylic acids is 1. The number of aromatic nitrogens is 2. The van der Waals surface area contributed by atoms with Crippen LogP contribution in [0.25, 0.3) is 11.0 Å². The van der Waals surface area contributed by atoms with Gasteiger partial charge in [0.25, 0.3) is 5.91 Å². The predicted molar refractivity (Wildman–Crippen MR) is 98.9 cm³/mol. The molecule has 0 fully saturated rings. The van der Waals surface area contributed by atoms with Crippen molar-refractivity contribution in [3.8, 4) is 5.75 Å². The summed E-state index contributed by atoms with van der Waals surface area (Å²) in [5.41, 5.74) is 2.08. The summed E-state index contributed by atoms with van der Waals surface area (Å²) in [5, 5.41) is 3.39. The number of nitrogens with one attached hydrogen (secondary N) is 1. The number of hydrogen-bond donors (Lipinski definition) is 1. The number of ether oxygens (including phenoxy) is 1. The molecule has 1 heterocycles. The standard InChI is InChI=1S/C19H20ClN3O2/c1-14(25-18-10-5-2-7-15(18)20)19(24)21-11-6-12-23-13-22-16-8-3-4-9-17(16)23/h2-5,7-10,13-14H,6,11-12H2,1H3,(H,21,24). The van der Waals surface area contributed by atoms with E-state index in [9.17, 15) is 4.79 Å². The first-order chi connectivity index (χ1) is 12.1.